The Bertz CT molecular complexity index is 1990. The summed E-state index contributed by atoms with van der Waals surface area (Å²) in [5.41, 5.74) is 0.741. The maximum Gasteiger partial charge on any atom is 0.337 e. The van der Waals surface area contributed by atoms with Crippen LogP contribution in [0.5, 0.6) is 0 Å². The fourth-order valence-electron chi connectivity index (χ4n) is 5.41. The van der Waals surface area contributed by atoms with Gasteiger partial charge in [0, 0.05) is 42.4 Å². The van der Waals surface area contributed by atoms with Crippen LogP contribution in [0.25, 0.3) is 26.3 Å². The van der Waals surface area contributed by atoms with Crippen LogP contribution in [0.3, 0.4) is 0 Å². The molecule has 0 aliphatic rings. The number of rotatable bonds is 15. The summed E-state index contributed by atoms with van der Waals surface area (Å²) in [5.74, 6) is -1.59. The maximum absolute atomic E-state index is 15.0. The monoisotopic (exact) mass is 691 g/mol. The molecule has 2 N–H and O–H groups in total. The van der Waals surface area contributed by atoms with Crippen molar-refractivity contribution in [1.82, 2.24) is 19.4 Å². The lowest BCUT2D eigenvalue weighted by molar-refractivity contribution is 0.0448. The van der Waals surface area contributed by atoms with E-state index in [1.54, 1.807) is 42.5 Å². The van der Waals surface area contributed by atoms with E-state index in [4.69, 9.17) is 9.47 Å². The summed E-state index contributed by atoms with van der Waals surface area (Å²) < 4.78 is 43.4. The SMILES string of the molecule is CCNC(=O)Nc1ccc(-c2sc3c(c2CN(C)CCOCCOCC)c(=O)n(-c2ccccc2)c(=O)n3Cc2c(F)cccc2F)cc1. The highest BCUT2D eigenvalue weighted by Gasteiger charge is 2.25. The average molecular weight is 692 g/mol. The van der Waals surface area contributed by atoms with E-state index in [0.717, 1.165) is 22.3 Å². The largest absolute Gasteiger partial charge is 0.379 e. The lowest BCUT2D eigenvalue weighted by Gasteiger charge is -2.18. The molecule has 258 valence electrons. The van der Waals surface area contributed by atoms with Gasteiger partial charge >= 0.3 is 11.7 Å². The van der Waals surface area contributed by atoms with Gasteiger partial charge in [0.1, 0.15) is 16.5 Å². The van der Waals surface area contributed by atoms with Crippen molar-refractivity contribution in [2.45, 2.75) is 26.9 Å². The molecule has 0 saturated heterocycles. The first-order chi connectivity index (χ1) is 23.7. The van der Waals surface area contributed by atoms with Gasteiger partial charge < -0.3 is 20.1 Å². The van der Waals surface area contributed by atoms with Crippen molar-refractivity contribution in [3.8, 4) is 16.1 Å². The molecule has 0 atom stereocenters. The lowest BCUT2D eigenvalue weighted by Crippen LogP contribution is -2.39. The zero-order valence-corrected chi connectivity index (χ0v) is 28.4. The quantitative estimate of drug-likeness (QED) is 0.134. The molecule has 0 aliphatic carbocycles. The Balaban J connectivity index is 1.68. The Hall–Kier alpha value is -4.69. The predicted octanol–water partition coefficient (Wildman–Crippen LogP) is 5.83. The summed E-state index contributed by atoms with van der Waals surface area (Å²) >= 11 is 1.20. The fourth-order valence-corrected chi connectivity index (χ4v) is 6.72. The van der Waals surface area contributed by atoms with Crippen LogP contribution in [0.15, 0.2) is 82.4 Å². The Morgan fingerprint density at radius 3 is 2.24 bits per heavy atom. The second-order valence-electron chi connectivity index (χ2n) is 11.2. The van der Waals surface area contributed by atoms with Crippen LogP contribution in [0.4, 0.5) is 19.3 Å². The van der Waals surface area contributed by atoms with Crippen molar-refractivity contribution in [2.75, 3.05) is 51.9 Å². The van der Waals surface area contributed by atoms with Crippen LogP contribution in [-0.4, -0.2) is 66.6 Å². The molecule has 0 unspecified atom stereocenters. The van der Waals surface area contributed by atoms with Crippen molar-refractivity contribution in [3.63, 3.8) is 0 Å². The molecule has 0 aliphatic heterocycles. The number of benzene rings is 3. The topological polar surface area (TPSA) is 107 Å². The molecular formula is C36H39F2N5O5S. The second-order valence-corrected chi connectivity index (χ2v) is 12.2. The Morgan fingerprint density at radius 2 is 1.57 bits per heavy atom. The smallest absolute Gasteiger partial charge is 0.337 e. The Morgan fingerprint density at radius 1 is 0.878 bits per heavy atom. The third-order valence-corrected chi connectivity index (χ3v) is 9.13. The molecule has 2 heterocycles. The van der Waals surface area contributed by atoms with Crippen LogP contribution >= 0.6 is 11.3 Å². The lowest BCUT2D eigenvalue weighted by atomic mass is 10.1. The minimum absolute atomic E-state index is 0.272. The second kappa shape index (κ2) is 16.6. The molecule has 2 amide bonds. The van der Waals surface area contributed by atoms with Crippen molar-refractivity contribution >= 4 is 33.3 Å². The minimum Gasteiger partial charge on any atom is -0.379 e. The number of amides is 2. The number of nitrogens with zero attached hydrogens (tertiary/aromatic N) is 3. The van der Waals surface area contributed by atoms with E-state index in [2.05, 4.69) is 10.6 Å². The number of halogens is 2. The van der Waals surface area contributed by atoms with E-state index in [-0.39, 0.29) is 17.0 Å². The molecular weight excluding hydrogens is 652 g/mol. The molecule has 0 radical (unpaired) electrons. The van der Waals surface area contributed by atoms with Crippen LogP contribution in [0, 0.1) is 11.6 Å². The van der Waals surface area contributed by atoms with Gasteiger partial charge in [-0.05, 0) is 68.4 Å². The van der Waals surface area contributed by atoms with Crippen LogP contribution < -0.4 is 21.9 Å². The Kier molecular flexibility index (Phi) is 12.1. The number of carbonyl (C=O) groups is 1. The molecule has 0 bridgehead atoms. The molecule has 0 fully saturated rings. The van der Waals surface area contributed by atoms with Crippen molar-refractivity contribution in [3.05, 3.63) is 116 Å². The minimum atomic E-state index is -0.797. The number of hydrogen-bond acceptors (Lipinski definition) is 7. The van der Waals surface area contributed by atoms with E-state index < -0.39 is 29.4 Å². The highest BCUT2D eigenvalue weighted by molar-refractivity contribution is 7.22. The van der Waals surface area contributed by atoms with Crippen LogP contribution in [0.2, 0.25) is 0 Å². The molecule has 5 rings (SSSR count). The molecule has 3 aromatic carbocycles. The fraction of sp³-hybridized carbons (Fsp3) is 0.306. The number of aromatic nitrogens is 2. The number of urea groups is 1. The number of nitrogens with one attached hydrogen (secondary N) is 2. The molecule has 0 spiro atoms. The van der Waals surface area contributed by atoms with Crippen LogP contribution in [-0.2, 0) is 22.6 Å². The predicted molar refractivity (Wildman–Crippen MR) is 189 cm³/mol. The number of thiophene rings is 1. The van der Waals surface area contributed by atoms with Gasteiger partial charge in [0.2, 0.25) is 0 Å². The van der Waals surface area contributed by atoms with E-state index in [1.165, 1.54) is 22.0 Å². The normalized spacial score (nSPS) is 11.4. The summed E-state index contributed by atoms with van der Waals surface area (Å²) in [5, 5.41) is 5.74. The Labute approximate surface area is 286 Å². The van der Waals surface area contributed by atoms with Gasteiger partial charge in [-0.1, -0.05) is 36.4 Å². The number of hydrogen-bond donors (Lipinski definition) is 2. The summed E-state index contributed by atoms with van der Waals surface area (Å²) in [6.07, 6.45) is 0. The van der Waals surface area contributed by atoms with Gasteiger partial charge in [-0.3, -0.25) is 14.3 Å². The van der Waals surface area contributed by atoms with E-state index in [1.807, 2.05) is 37.9 Å². The van der Waals surface area contributed by atoms with Gasteiger partial charge in [0.15, 0.2) is 0 Å². The van der Waals surface area contributed by atoms with Gasteiger partial charge in [0.25, 0.3) is 5.56 Å². The molecule has 49 heavy (non-hydrogen) atoms. The molecule has 2 aromatic heterocycles. The summed E-state index contributed by atoms with van der Waals surface area (Å²) in [6.45, 7) is 6.59. The summed E-state index contributed by atoms with van der Waals surface area (Å²) in [7, 11) is 1.90. The average Bonchev–Trinajstić information content (AvgIpc) is 3.45. The standard InChI is InChI=1S/C36H39F2N5O5S/c1-4-39-35(45)40-25-16-14-24(15-17-25)32-28(22-41(3)18-19-48-21-20-47-5-2)31-33(44)43(26-10-7-6-8-11-26)36(46)42(34(31)49-32)23-27-29(37)12-9-13-30(27)38/h6-17H,4-5,18-23H2,1-3H3,(H2,39,40,45). The molecule has 0 saturated carbocycles. The number of ether oxygens (including phenoxy) is 2. The molecule has 13 heteroatoms. The third kappa shape index (κ3) is 8.31. The number of fused-ring (bicyclic) bond motifs is 1. The van der Waals surface area contributed by atoms with E-state index >= 15 is 8.78 Å². The van der Waals surface area contributed by atoms with E-state index in [9.17, 15) is 14.4 Å². The molecule has 10 nitrogen and oxygen atoms in total. The van der Waals surface area contributed by atoms with Gasteiger partial charge in [-0.15, -0.1) is 11.3 Å². The number of anilines is 1. The maximum atomic E-state index is 15.0. The van der Waals surface area contributed by atoms with Crippen molar-refractivity contribution < 1.29 is 23.0 Å². The summed E-state index contributed by atoms with van der Waals surface area (Å²) in [4.78, 5) is 43.7. The first-order valence-electron chi connectivity index (χ1n) is 16.0. The zero-order chi connectivity index (χ0) is 34.9. The van der Waals surface area contributed by atoms with E-state index in [0.29, 0.717) is 72.7 Å². The highest BCUT2D eigenvalue weighted by atomic mass is 32.1. The number of para-hydroxylation sites is 1. The summed E-state index contributed by atoms with van der Waals surface area (Å²) in [6, 6.07) is 18.8. The first-order valence-corrected chi connectivity index (χ1v) is 16.8. The van der Waals surface area contributed by atoms with Gasteiger partial charge in [0.05, 0.1) is 37.4 Å². The highest BCUT2D eigenvalue weighted by Crippen LogP contribution is 2.38. The first kappa shape index (κ1) is 35.6. The van der Waals surface area contributed by atoms with Gasteiger partial charge in [-0.25, -0.2) is 22.9 Å². The number of likely N-dealkylation sites (N-methyl/N-ethyl adjacent to an activating group) is 1. The van der Waals surface area contributed by atoms with Crippen LogP contribution in [0.1, 0.15) is 25.0 Å². The molecule has 5 aromatic rings. The van der Waals surface area contributed by atoms with Gasteiger partial charge in [-0.2, -0.15) is 0 Å². The van der Waals surface area contributed by atoms with Crippen molar-refractivity contribution in [1.29, 1.82) is 0 Å². The number of carbonyl (C=O) groups excluding carboxylic acids is 1. The third-order valence-electron chi connectivity index (χ3n) is 7.83. The van der Waals surface area contributed by atoms with Crippen molar-refractivity contribution in [2.24, 2.45) is 0 Å². The zero-order valence-electron chi connectivity index (χ0n) is 27.6.